The molecule has 8 bridgehead atoms. The summed E-state index contributed by atoms with van der Waals surface area (Å²) in [5, 5.41) is 6.13. The number of carbonyl (C=O) groups is 4. The Labute approximate surface area is 435 Å². The van der Waals surface area contributed by atoms with Gasteiger partial charge in [-0.05, 0) is 163 Å². The van der Waals surface area contributed by atoms with Gasteiger partial charge in [0.25, 0.3) is 0 Å². The van der Waals surface area contributed by atoms with Gasteiger partial charge in [0.15, 0.2) is 0 Å². The molecule has 8 rings (SSSR count). The molecule has 392 valence electrons. The zero-order valence-electron chi connectivity index (χ0n) is 45.2. The highest BCUT2D eigenvalue weighted by molar-refractivity contribution is 6.02. The number of aryl methyl sites for hydroxylation is 3. The zero-order chi connectivity index (χ0) is 53.3. The van der Waals surface area contributed by atoms with E-state index in [9.17, 15) is 19.2 Å². The summed E-state index contributed by atoms with van der Waals surface area (Å²) in [4.78, 5) is 71.9. The molecule has 0 saturated heterocycles. The van der Waals surface area contributed by atoms with E-state index in [2.05, 4.69) is 65.0 Å². The standard InChI is InChI=1S/C60H74N6O8/c1-13-19-38-35(4)45-28-48-37(14-2)34(3)46(62-48)29-51-44-24-22-42(55(68)71-11)54(56(69)72-12)60(44,10)52(65-51)31-47-36(5)39(50(64-47)30-49(38)63-45)23-25-53(67)66-58(6,7)26-27-74-59(8,9)33-61-57(70)73-32-43-40-20-17-15-16-18-21-41(40)43/h14,22,24,28-31,40-41,43,54,62,64H,2,13,17-21,23,25-27,32-33H2,1,3-12H3,(H,61,70)(H,66,67). The van der Waals surface area contributed by atoms with Crippen LogP contribution in [0, 0.1) is 49.4 Å². The number of methoxy groups -OCH3 is 2. The number of alkyl carbamates (subject to hydrolysis) is 1. The van der Waals surface area contributed by atoms with Gasteiger partial charge in [0.05, 0.1) is 60.2 Å². The monoisotopic (exact) mass is 1010 g/mol. The molecule has 3 aliphatic carbocycles. The summed E-state index contributed by atoms with van der Waals surface area (Å²) in [5.41, 5.74) is 10.5. The maximum Gasteiger partial charge on any atom is 0.407 e. The van der Waals surface area contributed by atoms with E-state index in [1.165, 1.54) is 14.2 Å². The Morgan fingerprint density at radius 3 is 2.22 bits per heavy atom. The molecule has 3 aromatic rings. The summed E-state index contributed by atoms with van der Waals surface area (Å²) < 4.78 is 22.5. The largest absolute Gasteiger partial charge is 0.469 e. The number of rotatable bonds is 17. The van der Waals surface area contributed by atoms with Gasteiger partial charge in [-0.15, -0.1) is 11.8 Å². The van der Waals surface area contributed by atoms with Crippen LogP contribution in [-0.2, 0) is 45.2 Å². The molecule has 1 fully saturated rings. The van der Waals surface area contributed by atoms with Crippen LogP contribution >= 0.6 is 0 Å². The zero-order valence-corrected chi connectivity index (χ0v) is 45.2. The van der Waals surface area contributed by atoms with Crippen molar-refractivity contribution in [1.29, 1.82) is 0 Å². The fourth-order valence-corrected chi connectivity index (χ4v) is 11.5. The predicted octanol–water partition coefficient (Wildman–Crippen LogP) is 10.7. The van der Waals surface area contributed by atoms with Crippen LogP contribution < -0.4 is 10.6 Å². The van der Waals surface area contributed by atoms with Crippen LogP contribution in [0.1, 0.15) is 145 Å². The Kier molecular flexibility index (Phi) is 15.7. The Morgan fingerprint density at radius 1 is 0.865 bits per heavy atom. The number of nitrogens with one attached hydrogen (secondary N) is 4. The minimum atomic E-state index is -1.16. The van der Waals surface area contributed by atoms with Crippen molar-refractivity contribution in [2.75, 3.05) is 34.0 Å². The minimum Gasteiger partial charge on any atom is -0.469 e. The molecule has 2 amide bonds. The minimum absolute atomic E-state index is 0.116. The first-order valence-electron chi connectivity index (χ1n) is 26.2. The number of ether oxygens (including phenoxy) is 4. The molecule has 0 radical (unpaired) electrons. The number of hydrogen-bond acceptors (Lipinski definition) is 10. The van der Waals surface area contributed by atoms with E-state index in [1.807, 2.05) is 72.8 Å². The number of aromatic amines is 2. The highest BCUT2D eigenvalue weighted by Crippen LogP contribution is 2.53. The second-order valence-electron chi connectivity index (χ2n) is 22.0. The maximum atomic E-state index is 14.0. The smallest absolute Gasteiger partial charge is 0.407 e. The summed E-state index contributed by atoms with van der Waals surface area (Å²) in [6, 6.07) is 8.08. The molecular formula is C60H74N6O8. The molecule has 4 N–H and O–H groups in total. The SMILES string of the molecule is C=Cc1c(C)c2cc3nc(cc4[nH]c(cc5nc(cc1[nH]2)C(C)=C5CCC)c(CCC(=O)NC(C)(C)CCOC(C)(C)CNC(=O)OCC1C2CCC#CCCC21)c4C)C1(C)C3=CC=C(C(=O)OC)C1C(=O)OC. The summed E-state index contributed by atoms with van der Waals surface area (Å²) in [6.45, 7) is 23.3. The van der Waals surface area contributed by atoms with Gasteiger partial charge in [-0.1, -0.05) is 38.2 Å². The first-order valence-corrected chi connectivity index (χ1v) is 26.2. The molecular weight excluding hydrogens is 933 g/mol. The van der Waals surface area contributed by atoms with Crippen LogP contribution in [0.3, 0.4) is 0 Å². The van der Waals surface area contributed by atoms with Crippen LogP contribution in [0.15, 0.2) is 48.6 Å². The van der Waals surface area contributed by atoms with Gasteiger partial charge in [-0.25, -0.2) is 14.6 Å². The quantitative estimate of drug-likeness (QED) is 0.0576. The molecule has 4 unspecified atom stereocenters. The van der Waals surface area contributed by atoms with Crippen molar-refractivity contribution >= 4 is 68.8 Å². The molecule has 5 heterocycles. The van der Waals surface area contributed by atoms with E-state index < -0.39 is 40.5 Å². The third-order valence-corrected chi connectivity index (χ3v) is 16.0. The molecule has 1 saturated carbocycles. The number of H-pyrrole nitrogens is 2. The van der Waals surface area contributed by atoms with E-state index in [4.69, 9.17) is 28.9 Å². The number of carbonyl (C=O) groups excluding carboxylic acids is 4. The summed E-state index contributed by atoms with van der Waals surface area (Å²) in [7, 11) is 2.61. The summed E-state index contributed by atoms with van der Waals surface area (Å²) in [5.74, 6) is 5.66. The molecule has 4 atom stereocenters. The number of fused-ring (bicyclic) bond motifs is 12. The van der Waals surface area contributed by atoms with Crippen molar-refractivity contribution in [3.8, 4) is 11.8 Å². The maximum absolute atomic E-state index is 14.0. The van der Waals surface area contributed by atoms with Gasteiger partial charge in [0.2, 0.25) is 5.91 Å². The Hall–Kier alpha value is -6.72. The van der Waals surface area contributed by atoms with Crippen LogP contribution in [0.4, 0.5) is 4.79 Å². The summed E-state index contributed by atoms with van der Waals surface area (Å²) >= 11 is 0. The predicted molar refractivity (Wildman–Crippen MR) is 290 cm³/mol. The number of nitrogens with zero attached hydrogens (tertiary/aromatic N) is 2. The Morgan fingerprint density at radius 2 is 1.54 bits per heavy atom. The third kappa shape index (κ3) is 10.9. The van der Waals surface area contributed by atoms with E-state index in [0.29, 0.717) is 55.2 Å². The average Bonchev–Trinajstić information content (AvgIpc) is 3.49. The van der Waals surface area contributed by atoms with E-state index in [-0.39, 0.29) is 24.4 Å². The average molecular weight is 1010 g/mol. The highest BCUT2D eigenvalue weighted by Gasteiger charge is 2.54. The van der Waals surface area contributed by atoms with Crippen molar-refractivity contribution in [2.45, 2.75) is 137 Å². The van der Waals surface area contributed by atoms with Crippen molar-refractivity contribution in [3.05, 3.63) is 93.6 Å². The van der Waals surface area contributed by atoms with Gasteiger partial charge in [-0.3, -0.25) is 14.6 Å². The highest BCUT2D eigenvalue weighted by atomic mass is 16.6. The van der Waals surface area contributed by atoms with Crippen LogP contribution in [0.2, 0.25) is 0 Å². The van der Waals surface area contributed by atoms with Gasteiger partial charge in [-0.2, -0.15) is 0 Å². The lowest BCUT2D eigenvalue weighted by atomic mass is 9.64. The number of allylic oxidation sites excluding steroid dienone is 5. The van der Waals surface area contributed by atoms with Crippen LogP contribution in [-0.4, -0.2) is 89.0 Å². The van der Waals surface area contributed by atoms with E-state index in [0.717, 1.165) is 111 Å². The molecule has 5 aliphatic rings. The number of hydrogen-bond donors (Lipinski definition) is 4. The summed E-state index contributed by atoms with van der Waals surface area (Å²) in [6.07, 6.45) is 11.7. The van der Waals surface area contributed by atoms with Crippen LogP contribution in [0.5, 0.6) is 0 Å². The van der Waals surface area contributed by atoms with Gasteiger partial charge in [0.1, 0.15) is 5.92 Å². The molecule has 0 spiro atoms. The fourth-order valence-electron chi connectivity index (χ4n) is 11.5. The van der Waals surface area contributed by atoms with Gasteiger partial charge >= 0.3 is 18.0 Å². The van der Waals surface area contributed by atoms with Crippen molar-refractivity contribution < 1.29 is 38.1 Å². The first kappa shape index (κ1) is 53.6. The van der Waals surface area contributed by atoms with Crippen LogP contribution in [0.25, 0.3) is 44.9 Å². The fraction of sp³-hybridized carbons (Fsp3) is 0.500. The number of esters is 2. The normalized spacial score (nSPS) is 21.1. The molecule has 2 aliphatic heterocycles. The Bertz CT molecular complexity index is 3080. The van der Waals surface area contributed by atoms with Crippen molar-refractivity contribution in [2.24, 2.45) is 23.7 Å². The first-order chi connectivity index (χ1) is 35.2. The number of aromatic nitrogens is 4. The van der Waals surface area contributed by atoms with Crippen molar-refractivity contribution in [3.63, 3.8) is 0 Å². The lowest BCUT2D eigenvalue weighted by molar-refractivity contribution is -0.149. The lowest BCUT2D eigenvalue weighted by Crippen LogP contribution is -2.46. The number of amides is 2. The Balaban J connectivity index is 1.07. The topological polar surface area (TPSA) is 187 Å². The molecule has 3 aromatic heterocycles. The molecule has 0 aromatic carbocycles. The molecule has 14 nitrogen and oxygen atoms in total. The van der Waals surface area contributed by atoms with Gasteiger partial charge in [0, 0.05) is 65.6 Å². The van der Waals surface area contributed by atoms with E-state index in [1.54, 1.807) is 6.08 Å². The second-order valence-corrected chi connectivity index (χ2v) is 22.0. The van der Waals surface area contributed by atoms with Crippen molar-refractivity contribution in [1.82, 2.24) is 30.6 Å². The van der Waals surface area contributed by atoms with Gasteiger partial charge < -0.3 is 39.5 Å². The van der Waals surface area contributed by atoms with E-state index >= 15 is 0 Å². The molecule has 74 heavy (non-hydrogen) atoms. The third-order valence-electron chi connectivity index (χ3n) is 16.0. The second kappa shape index (κ2) is 21.6. The lowest BCUT2D eigenvalue weighted by Gasteiger charge is -2.36. The molecule has 14 heteroatoms.